The fourth-order valence-electron chi connectivity index (χ4n) is 4.85. The van der Waals surface area contributed by atoms with Crippen LogP contribution in [0.5, 0.6) is 17.2 Å². The summed E-state index contributed by atoms with van der Waals surface area (Å²) in [6.45, 7) is 3.88. The van der Waals surface area contributed by atoms with E-state index in [1.165, 1.54) is 18.4 Å². The number of nitrogens with zero attached hydrogens (tertiary/aromatic N) is 3. The Bertz CT molecular complexity index is 1930. The Labute approximate surface area is 252 Å². The highest BCUT2D eigenvalue weighted by Crippen LogP contribution is 2.32. The van der Waals surface area contributed by atoms with Crippen LogP contribution >= 0.6 is 11.3 Å². The number of nitriles is 1. The highest BCUT2D eigenvalue weighted by Gasteiger charge is 2.33. The lowest BCUT2D eigenvalue weighted by atomic mass is 9.96. The standard InChI is InChI=1S/C33H29N3O6S/c1-5-41-32(38)29-20(2)35-33-36(30(29)22-11-13-25(39-3)14-12-22)31(37)28(43-33)17-21-10-15-26(27(16-21)40-4)42-19-24-9-7-6-8-23(24)18-34/h6-17,30H,5,19H2,1-4H3/b28-17+/t30-/m1/s1. The Morgan fingerprint density at radius 1 is 1.07 bits per heavy atom. The first-order valence-electron chi connectivity index (χ1n) is 13.5. The molecule has 2 heterocycles. The molecule has 1 aliphatic rings. The number of esters is 1. The summed E-state index contributed by atoms with van der Waals surface area (Å²) in [6, 6.07) is 21.3. The molecule has 0 bridgehead atoms. The highest BCUT2D eigenvalue weighted by molar-refractivity contribution is 7.07. The largest absolute Gasteiger partial charge is 0.497 e. The molecule has 3 aromatic carbocycles. The van der Waals surface area contributed by atoms with Crippen molar-refractivity contribution in [2.24, 2.45) is 4.99 Å². The van der Waals surface area contributed by atoms with Crippen molar-refractivity contribution < 1.29 is 23.7 Å². The summed E-state index contributed by atoms with van der Waals surface area (Å²) < 4.78 is 24.2. The van der Waals surface area contributed by atoms with Crippen LogP contribution < -0.4 is 29.1 Å². The van der Waals surface area contributed by atoms with Crippen LogP contribution in [0.3, 0.4) is 0 Å². The Morgan fingerprint density at radius 3 is 2.53 bits per heavy atom. The molecular weight excluding hydrogens is 566 g/mol. The van der Waals surface area contributed by atoms with Crippen LogP contribution in [0.2, 0.25) is 0 Å². The molecule has 43 heavy (non-hydrogen) atoms. The van der Waals surface area contributed by atoms with Gasteiger partial charge in [-0.1, -0.05) is 47.7 Å². The Hall–Kier alpha value is -5.14. The van der Waals surface area contributed by atoms with Crippen LogP contribution in [-0.2, 0) is 16.1 Å². The molecule has 0 radical (unpaired) electrons. The summed E-state index contributed by atoms with van der Waals surface area (Å²) in [5, 5.41) is 9.36. The number of allylic oxidation sites excluding steroid dienone is 1. The average molecular weight is 596 g/mol. The summed E-state index contributed by atoms with van der Waals surface area (Å²) >= 11 is 1.24. The van der Waals surface area contributed by atoms with Crippen molar-refractivity contribution in [3.63, 3.8) is 0 Å². The first-order valence-corrected chi connectivity index (χ1v) is 14.3. The monoisotopic (exact) mass is 595 g/mol. The molecule has 0 unspecified atom stereocenters. The molecule has 4 aromatic rings. The second-order valence-electron chi connectivity index (χ2n) is 9.54. The van der Waals surface area contributed by atoms with Gasteiger partial charge in [-0.3, -0.25) is 9.36 Å². The molecule has 1 atom stereocenters. The number of rotatable bonds is 9. The normalized spacial score (nSPS) is 14.4. The van der Waals surface area contributed by atoms with E-state index in [0.29, 0.717) is 49.0 Å². The van der Waals surface area contributed by atoms with Crippen molar-refractivity contribution >= 4 is 23.4 Å². The average Bonchev–Trinajstić information content (AvgIpc) is 3.33. The number of hydrogen-bond acceptors (Lipinski definition) is 9. The summed E-state index contributed by atoms with van der Waals surface area (Å²) in [6.07, 6.45) is 1.76. The molecule has 9 nitrogen and oxygen atoms in total. The molecule has 10 heteroatoms. The van der Waals surface area contributed by atoms with E-state index in [1.807, 2.05) is 30.3 Å². The number of methoxy groups -OCH3 is 2. The minimum atomic E-state index is -0.718. The van der Waals surface area contributed by atoms with Crippen LogP contribution in [0, 0.1) is 11.3 Å². The van der Waals surface area contributed by atoms with Crippen LogP contribution in [0.1, 0.15) is 42.1 Å². The topological polar surface area (TPSA) is 112 Å². The summed E-state index contributed by atoms with van der Waals surface area (Å²) in [5.41, 5.74) is 3.27. The smallest absolute Gasteiger partial charge is 0.338 e. The van der Waals surface area contributed by atoms with Gasteiger partial charge in [-0.2, -0.15) is 5.26 Å². The number of thiazole rings is 1. The van der Waals surface area contributed by atoms with Crippen LogP contribution in [-0.4, -0.2) is 31.4 Å². The number of hydrogen-bond donors (Lipinski definition) is 0. The maximum atomic E-state index is 13.9. The molecule has 1 aromatic heterocycles. The van der Waals surface area contributed by atoms with Crippen LogP contribution in [0.25, 0.3) is 6.08 Å². The van der Waals surface area contributed by atoms with E-state index >= 15 is 0 Å². The summed E-state index contributed by atoms with van der Waals surface area (Å²) in [5.74, 6) is 1.12. The third-order valence-corrected chi connectivity index (χ3v) is 7.94. The molecule has 0 amide bonds. The second-order valence-corrected chi connectivity index (χ2v) is 10.6. The Balaban J connectivity index is 1.54. The maximum absolute atomic E-state index is 13.9. The van der Waals surface area contributed by atoms with Gasteiger partial charge in [0.05, 0.1) is 54.3 Å². The van der Waals surface area contributed by atoms with Gasteiger partial charge in [0.15, 0.2) is 16.3 Å². The minimum absolute atomic E-state index is 0.196. The molecule has 5 rings (SSSR count). The molecule has 0 spiro atoms. The van der Waals surface area contributed by atoms with Gasteiger partial charge in [-0.25, -0.2) is 9.79 Å². The van der Waals surface area contributed by atoms with Crippen LogP contribution in [0.15, 0.2) is 87.8 Å². The van der Waals surface area contributed by atoms with Gasteiger partial charge >= 0.3 is 5.97 Å². The number of ether oxygens (including phenoxy) is 4. The fourth-order valence-corrected chi connectivity index (χ4v) is 5.90. The quantitative estimate of drug-likeness (QED) is 0.266. The molecule has 0 aliphatic carbocycles. The molecule has 0 N–H and O–H groups in total. The number of aromatic nitrogens is 1. The predicted molar refractivity (Wildman–Crippen MR) is 162 cm³/mol. The van der Waals surface area contributed by atoms with Crippen molar-refractivity contribution in [1.29, 1.82) is 5.26 Å². The van der Waals surface area contributed by atoms with Gasteiger partial charge < -0.3 is 18.9 Å². The number of carbonyl (C=O) groups excluding carboxylic acids is 1. The molecular formula is C33H29N3O6S. The third kappa shape index (κ3) is 5.94. The number of fused-ring (bicyclic) bond motifs is 1. The van der Waals surface area contributed by atoms with Crippen molar-refractivity contribution in [3.8, 4) is 23.3 Å². The first-order chi connectivity index (χ1) is 20.9. The number of benzene rings is 3. The zero-order chi connectivity index (χ0) is 30.5. The van der Waals surface area contributed by atoms with E-state index in [2.05, 4.69) is 11.1 Å². The molecule has 0 saturated carbocycles. The van der Waals surface area contributed by atoms with Crippen molar-refractivity contribution in [2.45, 2.75) is 26.5 Å². The van der Waals surface area contributed by atoms with Crippen molar-refractivity contribution in [1.82, 2.24) is 4.57 Å². The van der Waals surface area contributed by atoms with E-state index in [9.17, 15) is 14.9 Å². The van der Waals surface area contributed by atoms with Crippen molar-refractivity contribution in [3.05, 3.63) is 120 Å². The van der Waals surface area contributed by atoms with Gasteiger partial charge in [0.1, 0.15) is 12.4 Å². The lowest BCUT2D eigenvalue weighted by molar-refractivity contribution is -0.139. The van der Waals surface area contributed by atoms with E-state index < -0.39 is 12.0 Å². The van der Waals surface area contributed by atoms with Gasteiger partial charge in [-0.15, -0.1) is 0 Å². The molecule has 218 valence electrons. The van der Waals surface area contributed by atoms with Crippen LogP contribution in [0.4, 0.5) is 0 Å². The van der Waals surface area contributed by atoms with E-state index in [4.69, 9.17) is 18.9 Å². The lowest BCUT2D eigenvalue weighted by Gasteiger charge is -2.24. The fraction of sp³-hybridized carbons (Fsp3) is 0.212. The van der Waals surface area contributed by atoms with Gasteiger partial charge in [0.25, 0.3) is 5.56 Å². The lowest BCUT2D eigenvalue weighted by Crippen LogP contribution is -2.39. The Kier molecular flexibility index (Phi) is 8.74. The Morgan fingerprint density at radius 2 is 1.84 bits per heavy atom. The predicted octanol–water partition coefficient (Wildman–Crippen LogP) is 4.27. The molecule has 0 fully saturated rings. The van der Waals surface area contributed by atoms with Gasteiger partial charge in [-0.05, 0) is 61.4 Å². The zero-order valence-electron chi connectivity index (χ0n) is 24.1. The molecule has 1 aliphatic heterocycles. The SMILES string of the molecule is CCOC(=O)C1=C(C)N=c2s/c(=C/c3ccc(OCc4ccccc4C#N)c(OC)c3)c(=O)n2[C@@H]1c1ccc(OC)cc1. The maximum Gasteiger partial charge on any atom is 0.338 e. The highest BCUT2D eigenvalue weighted by atomic mass is 32.1. The van der Waals surface area contributed by atoms with Crippen molar-refractivity contribution in [2.75, 3.05) is 20.8 Å². The summed E-state index contributed by atoms with van der Waals surface area (Å²) in [7, 11) is 3.12. The number of carbonyl (C=O) groups is 1. The second kappa shape index (κ2) is 12.8. The minimum Gasteiger partial charge on any atom is -0.497 e. The van der Waals surface area contributed by atoms with E-state index in [1.54, 1.807) is 68.0 Å². The van der Waals surface area contributed by atoms with Gasteiger partial charge in [0, 0.05) is 5.56 Å². The summed E-state index contributed by atoms with van der Waals surface area (Å²) in [4.78, 5) is 32.1. The zero-order valence-corrected chi connectivity index (χ0v) is 24.9. The van der Waals surface area contributed by atoms with E-state index in [0.717, 1.165) is 11.1 Å². The van der Waals surface area contributed by atoms with E-state index in [-0.39, 0.29) is 18.8 Å². The molecule has 0 saturated heterocycles. The third-order valence-electron chi connectivity index (χ3n) is 6.96. The van der Waals surface area contributed by atoms with Gasteiger partial charge in [0.2, 0.25) is 0 Å². The first kappa shape index (κ1) is 29.4.